The van der Waals surface area contributed by atoms with Crippen molar-refractivity contribution >= 4 is 12.1 Å². The fourth-order valence-corrected chi connectivity index (χ4v) is 3.55. The molecule has 0 aromatic heterocycles. The van der Waals surface area contributed by atoms with Gasteiger partial charge in [0.25, 0.3) is 0 Å². The standard InChI is InChI=1S/C26H49NO5/c1-6-7-8-9-10-11-12-13-14-15-18-24(19-16-20-25(28)31-23(2)3)32-26(29)30-22-17-21-27(4)5/h23-24H,2-3,6-22H2,1,4-5H3. The van der Waals surface area contributed by atoms with Crippen LogP contribution in [0.5, 0.6) is 0 Å². The van der Waals surface area contributed by atoms with Crippen LogP contribution in [0.2, 0.25) is 0 Å². The smallest absolute Gasteiger partial charge is 0.462 e. The summed E-state index contributed by atoms with van der Waals surface area (Å²) < 4.78 is 15.7. The van der Waals surface area contributed by atoms with Gasteiger partial charge in [0.1, 0.15) is 12.2 Å². The first-order valence-corrected chi connectivity index (χ1v) is 12.7. The molecule has 0 N–H and O–H groups in total. The number of nitrogens with zero attached hydrogens (tertiary/aromatic N) is 1. The largest absolute Gasteiger partial charge is 0.508 e. The molecule has 0 bridgehead atoms. The first kappa shape index (κ1) is 30.7. The number of ether oxygens (including phenoxy) is 3. The molecule has 0 saturated carbocycles. The molecule has 0 aromatic rings. The molecule has 0 heterocycles. The summed E-state index contributed by atoms with van der Waals surface area (Å²) in [5.74, 6) is -0.316. The quantitative estimate of drug-likeness (QED) is 0.145. The number of carbonyl (C=O) groups excluding carboxylic acids is 2. The van der Waals surface area contributed by atoms with E-state index in [0.29, 0.717) is 19.4 Å². The SMILES string of the molecule is [CH2]C([CH2])OC(=O)CCCC(CCCCCCCCCCCC)OC(=O)OCCCN(C)C. The molecule has 0 saturated heterocycles. The molecule has 6 heteroatoms. The van der Waals surface area contributed by atoms with Gasteiger partial charge < -0.3 is 19.1 Å². The van der Waals surface area contributed by atoms with Crippen LogP contribution in [0.4, 0.5) is 4.79 Å². The molecule has 0 aliphatic carbocycles. The van der Waals surface area contributed by atoms with Gasteiger partial charge in [0.2, 0.25) is 0 Å². The van der Waals surface area contributed by atoms with E-state index in [4.69, 9.17) is 14.2 Å². The Morgan fingerprint density at radius 1 is 0.781 bits per heavy atom. The van der Waals surface area contributed by atoms with Crippen LogP contribution < -0.4 is 0 Å². The monoisotopic (exact) mass is 455 g/mol. The molecule has 188 valence electrons. The average molecular weight is 456 g/mol. The highest BCUT2D eigenvalue weighted by atomic mass is 16.7. The third kappa shape index (κ3) is 21.9. The Morgan fingerprint density at radius 3 is 1.91 bits per heavy atom. The van der Waals surface area contributed by atoms with Crippen molar-refractivity contribution in [3.63, 3.8) is 0 Å². The summed E-state index contributed by atoms with van der Waals surface area (Å²) in [6, 6.07) is 0. The molecule has 1 atom stereocenters. The number of hydrogen-bond donors (Lipinski definition) is 0. The van der Waals surface area contributed by atoms with E-state index >= 15 is 0 Å². The minimum Gasteiger partial charge on any atom is -0.462 e. The van der Waals surface area contributed by atoms with Crippen LogP contribution >= 0.6 is 0 Å². The Balaban J connectivity index is 4.15. The molecule has 0 rings (SSSR count). The zero-order valence-electron chi connectivity index (χ0n) is 21.1. The highest BCUT2D eigenvalue weighted by molar-refractivity contribution is 5.69. The second kappa shape index (κ2) is 21.5. The number of esters is 1. The first-order valence-electron chi connectivity index (χ1n) is 12.7. The molecular formula is C26H49NO5. The minimum atomic E-state index is -0.612. The van der Waals surface area contributed by atoms with Gasteiger partial charge in [0.15, 0.2) is 0 Å². The third-order valence-electron chi connectivity index (χ3n) is 5.32. The number of unbranched alkanes of at least 4 members (excludes halogenated alkanes) is 9. The summed E-state index contributed by atoms with van der Waals surface area (Å²) in [6.07, 6.45) is 14.3. The van der Waals surface area contributed by atoms with Crippen LogP contribution in [0.25, 0.3) is 0 Å². The fraction of sp³-hybridized carbons (Fsp3) is 0.846. The van der Waals surface area contributed by atoms with Crippen molar-refractivity contribution in [2.24, 2.45) is 0 Å². The van der Waals surface area contributed by atoms with E-state index in [0.717, 1.165) is 32.2 Å². The maximum Gasteiger partial charge on any atom is 0.508 e. The van der Waals surface area contributed by atoms with Gasteiger partial charge in [-0.2, -0.15) is 0 Å². The van der Waals surface area contributed by atoms with Crippen LogP contribution in [0.3, 0.4) is 0 Å². The van der Waals surface area contributed by atoms with Crippen molar-refractivity contribution in [2.45, 2.75) is 115 Å². The average Bonchev–Trinajstić information content (AvgIpc) is 2.71. The van der Waals surface area contributed by atoms with Gasteiger partial charge in [-0.1, -0.05) is 64.7 Å². The van der Waals surface area contributed by atoms with Gasteiger partial charge in [-0.25, -0.2) is 4.79 Å². The van der Waals surface area contributed by atoms with Crippen molar-refractivity contribution in [2.75, 3.05) is 27.2 Å². The van der Waals surface area contributed by atoms with Gasteiger partial charge in [-0.3, -0.25) is 4.79 Å². The second-order valence-corrected chi connectivity index (χ2v) is 8.97. The molecule has 0 amide bonds. The second-order valence-electron chi connectivity index (χ2n) is 8.97. The number of hydrogen-bond acceptors (Lipinski definition) is 6. The summed E-state index contributed by atoms with van der Waals surface area (Å²) >= 11 is 0. The summed E-state index contributed by atoms with van der Waals surface area (Å²) in [6.45, 7) is 10.6. The highest BCUT2D eigenvalue weighted by Crippen LogP contribution is 2.17. The molecular weight excluding hydrogens is 406 g/mol. The normalized spacial score (nSPS) is 12.2. The molecule has 0 spiro atoms. The maximum absolute atomic E-state index is 12.1. The maximum atomic E-state index is 12.1. The first-order chi connectivity index (χ1) is 15.3. The van der Waals surface area contributed by atoms with Crippen molar-refractivity contribution in [3.05, 3.63) is 13.8 Å². The number of carbonyl (C=O) groups is 2. The van der Waals surface area contributed by atoms with E-state index in [2.05, 4.69) is 20.8 Å². The molecule has 0 aliphatic rings. The van der Waals surface area contributed by atoms with Crippen molar-refractivity contribution in [1.82, 2.24) is 4.90 Å². The van der Waals surface area contributed by atoms with Crippen LogP contribution in [-0.2, 0) is 19.0 Å². The molecule has 0 aliphatic heterocycles. The Kier molecular flexibility index (Phi) is 20.7. The van der Waals surface area contributed by atoms with Gasteiger partial charge in [0.05, 0.1) is 6.61 Å². The highest BCUT2D eigenvalue weighted by Gasteiger charge is 2.17. The van der Waals surface area contributed by atoms with Crippen molar-refractivity contribution in [3.8, 4) is 0 Å². The zero-order valence-corrected chi connectivity index (χ0v) is 21.1. The minimum absolute atomic E-state index is 0.228. The lowest BCUT2D eigenvalue weighted by Gasteiger charge is -2.18. The Bertz CT molecular complexity index is 453. The lowest BCUT2D eigenvalue weighted by atomic mass is 10.0. The Labute approximate surface area is 197 Å². The lowest BCUT2D eigenvalue weighted by Crippen LogP contribution is -2.21. The van der Waals surface area contributed by atoms with Crippen molar-refractivity contribution < 1.29 is 23.8 Å². The molecule has 2 radical (unpaired) electrons. The van der Waals surface area contributed by atoms with E-state index in [1.165, 1.54) is 51.4 Å². The van der Waals surface area contributed by atoms with Crippen LogP contribution in [-0.4, -0.2) is 56.5 Å². The topological polar surface area (TPSA) is 65.1 Å². The Morgan fingerprint density at radius 2 is 1.34 bits per heavy atom. The summed E-state index contributed by atoms with van der Waals surface area (Å²) in [4.78, 5) is 25.8. The van der Waals surface area contributed by atoms with E-state index in [1.54, 1.807) is 0 Å². The van der Waals surface area contributed by atoms with E-state index in [-0.39, 0.29) is 18.5 Å². The third-order valence-corrected chi connectivity index (χ3v) is 5.32. The van der Waals surface area contributed by atoms with Crippen molar-refractivity contribution in [1.29, 1.82) is 0 Å². The summed E-state index contributed by atoms with van der Waals surface area (Å²) in [5.41, 5.74) is 0. The molecule has 0 fully saturated rings. The Hall–Kier alpha value is -1.30. The molecule has 32 heavy (non-hydrogen) atoms. The van der Waals surface area contributed by atoms with E-state index in [9.17, 15) is 9.59 Å². The van der Waals surface area contributed by atoms with Crippen LogP contribution in [0.1, 0.15) is 103 Å². The fourth-order valence-electron chi connectivity index (χ4n) is 3.55. The molecule has 0 aromatic carbocycles. The zero-order chi connectivity index (χ0) is 24.0. The van der Waals surface area contributed by atoms with Crippen LogP contribution in [0.15, 0.2) is 0 Å². The van der Waals surface area contributed by atoms with Gasteiger partial charge in [-0.05, 0) is 60.0 Å². The van der Waals surface area contributed by atoms with Gasteiger partial charge >= 0.3 is 12.1 Å². The predicted octanol–water partition coefficient (Wildman–Crippen LogP) is 6.52. The van der Waals surface area contributed by atoms with Crippen LogP contribution in [0, 0.1) is 13.8 Å². The van der Waals surface area contributed by atoms with Gasteiger partial charge in [0, 0.05) is 13.0 Å². The van der Waals surface area contributed by atoms with E-state index in [1.807, 2.05) is 19.0 Å². The lowest BCUT2D eigenvalue weighted by molar-refractivity contribution is -0.145. The summed E-state index contributed by atoms with van der Waals surface area (Å²) in [7, 11) is 3.97. The number of rotatable bonds is 21. The van der Waals surface area contributed by atoms with Gasteiger partial charge in [-0.15, -0.1) is 0 Å². The van der Waals surface area contributed by atoms with E-state index < -0.39 is 12.3 Å². The predicted molar refractivity (Wildman–Crippen MR) is 130 cm³/mol. The molecule has 1 unspecified atom stereocenters. The summed E-state index contributed by atoms with van der Waals surface area (Å²) in [5, 5.41) is 0. The molecule has 6 nitrogen and oxygen atoms in total.